The van der Waals surface area contributed by atoms with E-state index in [0.29, 0.717) is 16.8 Å². The Bertz CT molecular complexity index is 528. The van der Waals surface area contributed by atoms with Gasteiger partial charge in [-0.1, -0.05) is 11.6 Å². The zero-order valence-electron chi connectivity index (χ0n) is 9.73. The van der Waals surface area contributed by atoms with E-state index < -0.39 is 10.0 Å². The first-order valence-electron chi connectivity index (χ1n) is 5.65. The van der Waals surface area contributed by atoms with Crippen molar-refractivity contribution in [3.05, 3.63) is 23.2 Å². The molecule has 4 nitrogen and oxygen atoms in total. The Balaban J connectivity index is 2.07. The monoisotopic (exact) mass is 306 g/mol. The van der Waals surface area contributed by atoms with Crippen LogP contribution in [0.25, 0.3) is 0 Å². The van der Waals surface area contributed by atoms with Crippen molar-refractivity contribution in [2.24, 2.45) is 0 Å². The van der Waals surface area contributed by atoms with Crippen molar-refractivity contribution in [3.8, 4) is 0 Å². The molecule has 0 bridgehead atoms. The highest BCUT2D eigenvalue weighted by Gasteiger charge is 2.20. The van der Waals surface area contributed by atoms with Crippen molar-refractivity contribution in [1.29, 1.82) is 0 Å². The topological polar surface area (TPSA) is 72.2 Å². The van der Waals surface area contributed by atoms with Gasteiger partial charge in [0.25, 0.3) is 0 Å². The zero-order chi connectivity index (χ0) is 13.2. The van der Waals surface area contributed by atoms with Crippen LogP contribution in [0.4, 0.5) is 5.69 Å². The molecule has 1 fully saturated rings. The summed E-state index contributed by atoms with van der Waals surface area (Å²) in [6.07, 6.45) is 2.22. The summed E-state index contributed by atoms with van der Waals surface area (Å²) in [7, 11) is -3.49. The number of hydrogen-bond acceptors (Lipinski definition) is 4. The lowest BCUT2D eigenvalue weighted by molar-refractivity contribution is 0.579. The van der Waals surface area contributed by atoms with Crippen LogP contribution in [-0.4, -0.2) is 26.0 Å². The number of nitrogens with one attached hydrogen (secondary N) is 1. The average Bonchev–Trinajstić information content (AvgIpc) is 2.83. The first-order valence-corrected chi connectivity index (χ1v) is 8.56. The first-order chi connectivity index (χ1) is 8.49. The van der Waals surface area contributed by atoms with Crippen LogP contribution < -0.4 is 10.5 Å². The van der Waals surface area contributed by atoms with Gasteiger partial charge < -0.3 is 5.73 Å². The summed E-state index contributed by atoms with van der Waals surface area (Å²) in [5.74, 6) is 1.11. The highest BCUT2D eigenvalue weighted by molar-refractivity contribution is 8.00. The molecule has 1 aromatic carbocycles. The molecule has 1 heterocycles. The Morgan fingerprint density at radius 2 is 2.28 bits per heavy atom. The van der Waals surface area contributed by atoms with E-state index in [2.05, 4.69) is 4.72 Å². The summed E-state index contributed by atoms with van der Waals surface area (Å²) in [5.41, 5.74) is 5.88. The Morgan fingerprint density at radius 1 is 1.50 bits per heavy atom. The van der Waals surface area contributed by atoms with Gasteiger partial charge in [-0.05, 0) is 36.8 Å². The van der Waals surface area contributed by atoms with E-state index in [1.807, 2.05) is 11.8 Å². The van der Waals surface area contributed by atoms with E-state index in [-0.39, 0.29) is 10.6 Å². The molecule has 0 saturated carbocycles. The van der Waals surface area contributed by atoms with Gasteiger partial charge in [-0.2, -0.15) is 11.8 Å². The van der Waals surface area contributed by atoms with E-state index in [4.69, 9.17) is 17.3 Å². The van der Waals surface area contributed by atoms with E-state index in [1.54, 1.807) is 0 Å². The summed E-state index contributed by atoms with van der Waals surface area (Å²) >= 11 is 7.58. The third kappa shape index (κ3) is 3.32. The normalized spacial score (nSPS) is 20.2. The summed E-state index contributed by atoms with van der Waals surface area (Å²) in [5, 5.41) is 0.740. The lowest BCUT2D eigenvalue weighted by Crippen LogP contribution is -2.29. The van der Waals surface area contributed by atoms with Gasteiger partial charge in [-0.3, -0.25) is 0 Å². The molecule has 7 heteroatoms. The number of nitrogen functional groups attached to an aromatic ring is 1. The molecule has 2 rings (SSSR count). The second kappa shape index (κ2) is 5.69. The summed E-state index contributed by atoms with van der Waals surface area (Å²) in [6, 6.07) is 4.34. The van der Waals surface area contributed by atoms with Gasteiger partial charge in [0.1, 0.15) is 0 Å². The van der Waals surface area contributed by atoms with Crippen LogP contribution >= 0.6 is 23.4 Å². The maximum absolute atomic E-state index is 12.0. The average molecular weight is 307 g/mol. The molecule has 0 amide bonds. The molecule has 0 aromatic heterocycles. The van der Waals surface area contributed by atoms with Gasteiger partial charge in [0.15, 0.2) is 0 Å². The van der Waals surface area contributed by atoms with Crippen molar-refractivity contribution in [3.63, 3.8) is 0 Å². The van der Waals surface area contributed by atoms with Crippen LogP contribution in [0.1, 0.15) is 12.8 Å². The Kier molecular flexibility index (Phi) is 4.42. The molecule has 0 radical (unpaired) electrons. The summed E-state index contributed by atoms with van der Waals surface area (Å²) < 4.78 is 26.7. The number of thioether (sulfide) groups is 1. The van der Waals surface area contributed by atoms with Crippen molar-refractivity contribution >= 4 is 39.1 Å². The van der Waals surface area contributed by atoms with Crippen LogP contribution in [-0.2, 0) is 10.0 Å². The molecule has 1 aliphatic heterocycles. The van der Waals surface area contributed by atoms with E-state index in [1.165, 1.54) is 18.2 Å². The molecular weight excluding hydrogens is 292 g/mol. The van der Waals surface area contributed by atoms with Gasteiger partial charge in [0.2, 0.25) is 10.0 Å². The van der Waals surface area contributed by atoms with Crippen molar-refractivity contribution in [2.75, 3.05) is 18.0 Å². The molecule has 1 aliphatic rings. The smallest absolute Gasteiger partial charge is 0.240 e. The maximum Gasteiger partial charge on any atom is 0.240 e. The predicted molar refractivity (Wildman–Crippen MR) is 76.5 cm³/mol. The molecule has 1 unspecified atom stereocenters. The summed E-state index contributed by atoms with van der Waals surface area (Å²) in [4.78, 5) is 0.160. The lowest BCUT2D eigenvalue weighted by atomic mass is 10.2. The Morgan fingerprint density at radius 3 is 2.89 bits per heavy atom. The van der Waals surface area contributed by atoms with Crippen LogP contribution in [0.15, 0.2) is 23.1 Å². The third-order valence-electron chi connectivity index (χ3n) is 2.80. The summed E-state index contributed by atoms with van der Waals surface area (Å²) in [6.45, 7) is 0.468. The van der Waals surface area contributed by atoms with E-state index in [9.17, 15) is 8.42 Å². The fourth-order valence-electron chi connectivity index (χ4n) is 1.78. The zero-order valence-corrected chi connectivity index (χ0v) is 12.1. The van der Waals surface area contributed by atoms with Crippen LogP contribution in [0.5, 0.6) is 0 Å². The lowest BCUT2D eigenvalue weighted by Gasteiger charge is -2.11. The standard InChI is InChI=1S/C11H15ClN2O2S2/c12-10-4-3-9(6-11(10)13)18(15,16)14-7-8-2-1-5-17-8/h3-4,6,8,14H,1-2,5,7,13H2. The SMILES string of the molecule is Nc1cc(S(=O)(=O)NCC2CCCS2)ccc1Cl. The minimum atomic E-state index is -3.49. The molecule has 0 aliphatic carbocycles. The van der Waals surface area contributed by atoms with Crippen LogP contribution in [0, 0.1) is 0 Å². The number of rotatable bonds is 4. The molecule has 1 atom stereocenters. The highest BCUT2D eigenvalue weighted by atomic mass is 35.5. The van der Waals surface area contributed by atoms with Gasteiger partial charge in [0, 0.05) is 11.8 Å². The van der Waals surface area contributed by atoms with Gasteiger partial charge in [0.05, 0.1) is 15.6 Å². The van der Waals surface area contributed by atoms with E-state index in [0.717, 1.165) is 18.6 Å². The molecule has 100 valence electrons. The minimum absolute atomic E-state index is 0.160. The molecule has 1 saturated heterocycles. The van der Waals surface area contributed by atoms with E-state index >= 15 is 0 Å². The van der Waals surface area contributed by atoms with Gasteiger partial charge in [-0.25, -0.2) is 13.1 Å². The molecule has 3 N–H and O–H groups in total. The molecule has 1 aromatic rings. The molecule has 0 spiro atoms. The fourth-order valence-corrected chi connectivity index (χ4v) is 4.32. The minimum Gasteiger partial charge on any atom is -0.397 e. The fraction of sp³-hybridized carbons (Fsp3) is 0.455. The number of sulfonamides is 1. The highest BCUT2D eigenvalue weighted by Crippen LogP contribution is 2.26. The number of hydrogen-bond donors (Lipinski definition) is 2. The molecular formula is C11H15ClN2O2S2. The number of anilines is 1. The number of halogens is 1. The first kappa shape index (κ1) is 14.0. The quantitative estimate of drug-likeness (QED) is 0.836. The molecule has 18 heavy (non-hydrogen) atoms. The van der Waals surface area contributed by atoms with Gasteiger partial charge in [-0.15, -0.1) is 0 Å². The van der Waals surface area contributed by atoms with Crippen LogP contribution in [0.2, 0.25) is 5.02 Å². The number of nitrogens with two attached hydrogens (primary N) is 1. The third-order valence-corrected chi connectivity index (χ3v) is 5.97. The Labute approximate surface area is 116 Å². The van der Waals surface area contributed by atoms with Crippen molar-refractivity contribution in [1.82, 2.24) is 4.72 Å². The maximum atomic E-state index is 12.0. The second-order valence-electron chi connectivity index (χ2n) is 4.17. The van der Waals surface area contributed by atoms with Gasteiger partial charge >= 0.3 is 0 Å². The van der Waals surface area contributed by atoms with Crippen LogP contribution in [0.3, 0.4) is 0 Å². The second-order valence-corrected chi connectivity index (χ2v) is 7.75. The largest absolute Gasteiger partial charge is 0.397 e. The predicted octanol–water partition coefficient (Wildman–Crippen LogP) is 2.10. The number of benzene rings is 1. The van der Waals surface area contributed by atoms with Crippen molar-refractivity contribution < 1.29 is 8.42 Å². The Hall–Kier alpha value is -0.430. The van der Waals surface area contributed by atoms with Crippen molar-refractivity contribution in [2.45, 2.75) is 23.0 Å².